The molecule has 0 unspecified atom stereocenters. The molecular weight excluding hydrogens is 440 g/mol. The lowest BCUT2D eigenvalue weighted by atomic mass is 9.98. The van der Waals surface area contributed by atoms with E-state index >= 15 is 0 Å². The number of carbonyl (C=O) groups excluding carboxylic acids is 3. The van der Waals surface area contributed by atoms with Crippen molar-refractivity contribution in [2.75, 3.05) is 33.3 Å². The van der Waals surface area contributed by atoms with Crippen molar-refractivity contribution >= 4 is 27.8 Å². The number of nitrogens with one attached hydrogen (secondary N) is 1. The maximum absolute atomic E-state index is 12.9. The standard InChI is InChI=1S/C20H32N4O7S/c1-13-18(14(2)31-22-13)32(28,29)24-9-7-15(8-10-24)19(27)30-12-17(26)23(6)11-16(25)21-20(3,4)5/h15H,7-12H2,1-6H3,(H,21,25). The van der Waals surface area contributed by atoms with Crippen molar-refractivity contribution in [3.63, 3.8) is 0 Å². The summed E-state index contributed by atoms with van der Waals surface area (Å²) < 4.78 is 37.1. The molecule has 180 valence electrons. The van der Waals surface area contributed by atoms with Crippen molar-refractivity contribution in [1.82, 2.24) is 19.7 Å². The Morgan fingerprint density at radius 2 is 1.81 bits per heavy atom. The summed E-state index contributed by atoms with van der Waals surface area (Å²) in [7, 11) is -2.31. The van der Waals surface area contributed by atoms with E-state index in [4.69, 9.17) is 9.26 Å². The normalized spacial score (nSPS) is 15.9. The first kappa shape index (κ1) is 25.8. The van der Waals surface area contributed by atoms with E-state index in [0.717, 1.165) is 0 Å². The van der Waals surface area contributed by atoms with Crippen LogP contribution < -0.4 is 5.32 Å². The van der Waals surface area contributed by atoms with Crippen LogP contribution in [-0.2, 0) is 29.1 Å². The summed E-state index contributed by atoms with van der Waals surface area (Å²) >= 11 is 0. The molecule has 0 bridgehead atoms. The van der Waals surface area contributed by atoms with Gasteiger partial charge in [0.1, 0.15) is 10.6 Å². The van der Waals surface area contributed by atoms with Crippen LogP contribution in [-0.4, -0.2) is 79.4 Å². The number of amides is 2. The van der Waals surface area contributed by atoms with E-state index in [2.05, 4.69) is 10.5 Å². The van der Waals surface area contributed by atoms with Crippen LogP contribution >= 0.6 is 0 Å². The van der Waals surface area contributed by atoms with E-state index in [1.165, 1.54) is 23.2 Å². The molecule has 0 aromatic carbocycles. The fourth-order valence-electron chi connectivity index (χ4n) is 3.43. The van der Waals surface area contributed by atoms with Gasteiger partial charge in [0.15, 0.2) is 12.4 Å². The summed E-state index contributed by atoms with van der Waals surface area (Å²) in [5.41, 5.74) is -0.121. The van der Waals surface area contributed by atoms with Crippen molar-refractivity contribution in [3.8, 4) is 0 Å². The minimum Gasteiger partial charge on any atom is -0.455 e. The van der Waals surface area contributed by atoms with Crippen LogP contribution in [0.2, 0.25) is 0 Å². The molecule has 11 nitrogen and oxygen atoms in total. The largest absolute Gasteiger partial charge is 0.455 e. The molecule has 32 heavy (non-hydrogen) atoms. The Hall–Kier alpha value is -2.47. The number of hydrogen-bond acceptors (Lipinski definition) is 8. The van der Waals surface area contributed by atoms with Gasteiger partial charge in [-0.25, -0.2) is 8.42 Å². The monoisotopic (exact) mass is 472 g/mol. The summed E-state index contributed by atoms with van der Waals surface area (Å²) in [5.74, 6) is -1.65. The van der Waals surface area contributed by atoms with E-state index in [0.29, 0.717) is 5.69 Å². The lowest BCUT2D eigenvalue weighted by molar-refractivity contribution is -0.156. The van der Waals surface area contributed by atoms with Gasteiger partial charge >= 0.3 is 5.97 Å². The number of nitrogens with zero attached hydrogens (tertiary/aromatic N) is 3. The molecule has 12 heteroatoms. The Bertz CT molecular complexity index is 938. The molecular formula is C20H32N4O7S. The highest BCUT2D eigenvalue weighted by atomic mass is 32.2. The fraction of sp³-hybridized carbons (Fsp3) is 0.700. The third-order valence-electron chi connectivity index (χ3n) is 5.01. The van der Waals surface area contributed by atoms with E-state index in [1.54, 1.807) is 6.92 Å². The molecule has 1 saturated heterocycles. The Balaban J connectivity index is 1.83. The van der Waals surface area contributed by atoms with Gasteiger partial charge in [0.05, 0.1) is 12.5 Å². The number of sulfonamides is 1. The summed E-state index contributed by atoms with van der Waals surface area (Å²) in [6.45, 7) is 8.27. The van der Waals surface area contributed by atoms with Gasteiger partial charge in [-0.15, -0.1) is 0 Å². The highest BCUT2D eigenvalue weighted by Crippen LogP contribution is 2.28. The Labute approximate surface area is 188 Å². The molecule has 1 N–H and O–H groups in total. The second-order valence-corrected chi connectivity index (χ2v) is 10.9. The summed E-state index contributed by atoms with van der Waals surface area (Å²) in [5, 5.41) is 6.45. The second kappa shape index (κ2) is 9.99. The van der Waals surface area contributed by atoms with E-state index in [1.807, 2.05) is 20.8 Å². The molecule has 1 aromatic heterocycles. The van der Waals surface area contributed by atoms with Crippen LogP contribution in [0.4, 0.5) is 0 Å². The first-order chi connectivity index (χ1) is 14.7. The lowest BCUT2D eigenvalue weighted by Crippen LogP contribution is -2.47. The van der Waals surface area contributed by atoms with Crippen molar-refractivity contribution in [2.45, 2.75) is 57.9 Å². The summed E-state index contributed by atoms with van der Waals surface area (Å²) in [4.78, 5) is 37.7. The Morgan fingerprint density at radius 1 is 1.22 bits per heavy atom. The number of piperidine rings is 1. The highest BCUT2D eigenvalue weighted by molar-refractivity contribution is 7.89. The first-order valence-corrected chi connectivity index (χ1v) is 11.8. The zero-order valence-electron chi connectivity index (χ0n) is 19.4. The van der Waals surface area contributed by atoms with Gasteiger partial charge < -0.3 is 19.5 Å². The van der Waals surface area contributed by atoms with Crippen LogP contribution in [0.15, 0.2) is 9.42 Å². The number of esters is 1. The molecule has 2 amide bonds. The van der Waals surface area contributed by atoms with Gasteiger partial charge in [-0.05, 0) is 47.5 Å². The Morgan fingerprint density at radius 3 is 2.31 bits per heavy atom. The minimum atomic E-state index is -3.76. The molecule has 0 spiro atoms. The molecule has 0 aliphatic carbocycles. The summed E-state index contributed by atoms with van der Waals surface area (Å²) in [6, 6.07) is 0. The number of rotatable bonds is 7. The van der Waals surface area contributed by atoms with Crippen LogP contribution in [0.25, 0.3) is 0 Å². The molecule has 1 fully saturated rings. The Kier molecular flexibility index (Phi) is 8.05. The average Bonchev–Trinajstić information content (AvgIpc) is 3.03. The van der Waals surface area contributed by atoms with Gasteiger partial charge in [-0.2, -0.15) is 4.31 Å². The topological polar surface area (TPSA) is 139 Å². The zero-order valence-corrected chi connectivity index (χ0v) is 20.2. The van der Waals surface area contributed by atoms with Crippen molar-refractivity contribution in [3.05, 3.63) is 11.5 Å². The minimum absolute atomic E-state index is 0.0580. The molecule has 0 saturated carbocycles. The van der Waals surface area contributed by atoms with Gasteiger partial charge in [0.25, 0.3) is 5.91 Å². The van der Waals surface area contributed by atoms with Crippen molar-refractivity contribution < 1.29 is 32.1 Å². The second-order valence-electron chi connectivity index (χ2n) is 8.99. The van der Waals surface area contributed by atoms with Gasteiger partial charge in [-0.3, -0.25) is 14.4 Å². The number of ether oxygens (including phenoxy) is 1. The first-order valence-electron chi connectivity index (χ1n) is 10.4. The molecule has 1 aliphatic heterocycles. The molecule has 0 radical (unpaired) electrons. The van der Waals surface area contributed by atoms with E-state index in [-0.39, 0.29) is 49.0 Å². The molecule has 2 rings (SSSR count). The SMILES string of the molecule is Cc1noc(C)c1S(=O)(=O)N1CCC(C(=O)OCC(=O)N(C)CC(=O)NC(C)(C)C)CC1. The van der Waals surface area contributed by atoms with Crippen LogP contribution in [0.5, 0.6) is 0 Å². The average molecular weight is 473 g/mol. The number of aryl methyl sites for hydroxylation is 2. The van der Waals surface area contributed by atoms with Gasteiger partial charge in [0.2, 0.25) is 15.9 Å². The maximum Gasteiger partial charge on any atom is 0.309 e. The number of aromatic nitrogens is 1. The van der Waals surface area contributed by atoms with Crippen molar-refractivity contribution in [1.29, 1.82) is 0 Å². The highest BCUT2D eigenvalue weighted by Gasteiger charge is 2.36. The van der Waals surface area contributed by atoms with E-state index < -0.39 is 40.0 Å². The third-order valence-corrected chi connectivity index (χ3v) is 7.16. The number of likely N-dealkylation sites (N-methyl/N-ethyl adjacent to an activating group) is 1. The van der Waals surface area contributed by atoms with Gasteiger partial charge in [-0.1, -0.05) is 5.16 Å². The zero-order chi connectivity index (χ0) is 24.3. The van der Waals surface area contributed by atoms with E-state index in [9.17, 15) is 22.8 Å². The van der Waals surface area contributed by atoms with Gasteiger partial charge in [0, 0.05) is 25.7 Å². The number of hydrogen-bond donors (Lipinski definition) is 1. The molecule has 1 aromatic rings. The predicted molar refractivity (Wildman–Crippen MR) is 114 cm³/mol. The van der Waals surface area contributed by atoms with Crippen LogP contribution in [0.3, 0.4) is 0 Å². The quantitative estimate of drug-likeness (QED) is 0.570. The van der Waals surface area contributed by atoms with Crippen LogP contribution in [0, 0.1) is 19.8 Å². The number of carbonyl (C=O) groups is 3. The molecule has 1 aliphatic rings. The lowest BCUT2D eigenvalue weighted by Gasteiger charge is -2.30. The smallest absolute Gasteiger partial charge is 0.309 e. The summed E-state index contributed by atoms with van der Waals surface area (Å²) in [6.07, 6.45) is 0.554. The molecule has 2 heterocycles. The van der Waals surface area contributed by atoms with Crippen LogP contribution in [0.1, 0.15) is 45.1 Å². The third kappa shape index (κ3) is 6.52. The fourth-order valence-corrected chi connectivity index (χ4v) is 5.19. The predicted octanol–water partition coefficient (Wildman–Crippen LogP) is 0.608. The molecule has 0 atom stereocenters. The van der Waals surface area contributed by atoms with Crippen molar-refractivity contribution in [2.24, 2.45) is 5.92 Å². The maximum atomic E-state index is 12.9.